The van der Waals surface area contributed by atoms with Crippen LogP contribution in [0.3, 0.4) is 0 Å². The number of ether oxygens (including phenoxy) is 3. The molecule has 13 nitrogen and oxygen atoms in total. The van der Waals surface area contributed by atoms with Crippen molar-refractivity contribution in [2.45, 2.75) is 43.9 Å². The number of pyridine rings is 3. The van der Waals surface area contributed by atoms with E-state index in [1.54, 1.807) is 54.9 Å². The van der Waals surface area contributed by atoms with Crippen molar-refractivity contribution in [1.82, 2.24) is 30.2 Å². The molecule has 9 rings (SSSR count). The standard InChI is InChI=1S/C41H28F2N6O7/c42-37-28(17-32-36(38(37)43)30-20-44-12-11-31(30)47-32)21-3-10-35(46-18-21)56-26-14-25(15-26)55-24-5-4-22(45-19-24)2-1-13-54-23-6-7-27-29(16-23)41(53)49(40(27)52)33-8-9-34(50)48-39(33)51/h3-7,10-12,16-20,25-26,33,47H,8-9,13-15H2,(H,48,50,51). The average molecular weight is 755 g/mol. The second-order valence-electron chi connectivity index (χ2n) is 13.5. The number of nitrogens with zero attached hydrogens (tertiary/aromatic N) is 4. The number of carbonyl (C=O) groups is 4. The molecule has 15 heteroatoms. The van der Waals surface area contributed by atoms with Crippen LogP contribution in [0.25, 0.3) is 32.9 Å². The molecule has 6 aromatic rings. The van der Waals surface area contributed by atoms with Crippen molar-refractivity contribution in [3.05, 3.63) is 108 Å². The van der Waals surface area contributed by atoms with E-state index in [1.807, 2.05) is 0 Å². The second kappa shape index (κ2) is 13.9. The van der Waals surface area contributed by atoms with Crippen molar-refractivity contribution in [2.24, 2.45) is 0 Å². The van der Waals surface area contributed by atoms with E-state index in [2.05, 4.69) is 37.1 Å². The Bertz CT molecular complexity index is 2670. The smallest absolute Gasteiger partial charge is 0.262 e. The van der Waals surface area contributed by atoms with Crippen LogP contribution >= 0.6 is 0 Å². The van der Waals surface area contributed by atoms with Gasteiger partial charge in [-0.25, -0.2) is 18.7 Å². The number of fused-ring (bicyclic) bond motifs is 4. The predicted octanol–water partition coefficient (Wildman–Crippen LogP) is 5.27. The molecule has 4 aromatic heterocycles. The Morgan fingerprint density at radius 2 is 1.62 bits per heavy atom. The molecule has 2 fully saturated rings. The van der Waals surface area contributed by atoms with Gasteiger partial charge in [-0.3, -0.25) is 34.4 Å². The van der Waals surface area contributed by atoms with Crippen molar-refractivity contribution < 1.29 is 42.2 Å². The minimum atomic E-state index is -1.05. The van der Waals surface area contributed by atoms with Gasteiger partial charge in [0.1, 0.15) is 42.0 Å². The lowest BCUT2D eigenvalue weighted by molar-refractivity contribution is -0.136. The molecule has 2 N–H and O–H groups in total. The van der Waals surface area contributed by atoms with E-state index in [9.17, 15) is 19.2 Å². The van der Waals surface area contributed by atoms with Gasteiger partial charge in [0.25, 0.3) is 11.8 Å². The van der Waals surface area contributed by atoms with Crippen LogP contribution in [0, 0.1) is 23.5 Å². The molecule has 278 valence electrons. The van der Waals surface area contributed by atoms with E-state index >= 15 is 8.78 Å². The molecule has 56 heavy (non-hydrogen) atoms. The highest BCUT2D eigenvalue weighted by Crippen LogP contribution is 2.36. The van der Waals surface area contributed by atoms with Crippen molar-refractivity contribution in [3.8, 4) is 40.3 Å². The molecule has 4 amide bonds. The summed E-state index contributed by atoms with van der Waals surface area (Å²) in [6.07, 6.45) is 7.24. The quantitative estimate of drug-likeness (QED) is 0.154. The maximum absolute atomic E-state index is 15.2. The third-order valence-corrected chi connectivity index (χ3v) is 9.93. The zero-order chi connectivity index (χ0) is 38.5. The van der Waals surface area contributed by atoms with Crippen molar-refractivity contribution >= 4 is 45.4 Å². The van der Waals surface area contributed by atoms with Crippen LogP contribution in [0.4, 0.5) is 8.78 Å². The van der Waals surface area contributed by atoms with Gasteiger partial charge in [-0.2, -0.15) is 0 Å². The van der Waals surface area contributed by atoms with Gasteiger partial charge in [-0.05, 0) is 60.9 Å². The molecule has 3 aliphatic rings. The van der Waals surface area contributed by atoms with Gasteiger partial charge in [0.15, 0.2) is 11.6 Å². The summed E-state index contributed by atoms with van der Waals surface area (Å²) in [6.45, 7) is -0.0208. The molecular weight excluding hydrogens is 726 g/mol. The summed E-state index contributed by atoms with van der Waals surface area (Å²) < 4.78 is 48.0. The van der Waals surface area contributed by atoms with Crippen LogP contribution in [0.5, 0.6) is 17.4 Å². The highest BCUT2D eigenvalue weighted by molar-refractivity contribution is 6.23. The number of carbonyl (C=O) groups excluding carboxylic acids is 4. The summed E-state index contributed by atoms with van der Waals surface area (Å²) in [7, 11) is 0. The number of benzene rings is 2. The molecule has 1 unspecified atom stereocenters. The summed E-state index contributed by atoms with van der Waals surface area (Å²) >= 11 is 0. The van der Waals surface area contributed by atoms with Gasteiger partial charge < -0.3 is 19.2 Å². The average Bonchev–Trinajstić information content (AvgIpc) is 3.68. The van der Waals surface area contributed by atoms with E-state index < -0.39 is 41.3 Å². The molecule has 1 aliphatic carbocycles. The molecule has 2 aliphatic heterocycles. The first kappa shape index (κ1) is 34.6. The normalized spacial score (nSPS) is 19.0. The number of hydrogen-bond donors (Lipinski definition) is 2. The number of nitrogens with one attached hydrogen (secondary N) is 2. The van der Waals surface area contributed by atoms with Gasteiger partial charge in [0.2, 0.25) is 17.7 Å². The summed E-state index contributed by atoms with van der Waals surface area (Å²) in [5.74, 6) is 2.78. The number of rotatable bonds is 8. The molecule has 0 radical (unpaired) electrons. The highest BCUT2D eigenvalue weighted by atomic mass is 19.2. The van der Waals surface area contributed by atoms with Gasteiger partial charge in [0, 0.05) is 71.3 Å². The first-order valence-electron chi connectivity index (χ1n) is 17.7. The Labute approximate surface area is 316 Å². The maximum Gasteiger partial charge on any atom is 0.262 e. The van der Waals surface area contributed by atoms with Crippen LogP contribution in [-0.4, -0.2) is 73.3 Å². The van der Waals surface area contributed by atoms with Gasteiger partial charge in [-0.1, -0.05) is 5.92 Å². The van der Waals surface area contributed by atoms with E-state index in [0.717, 1.165) is 4.90 Å². The number of amides is 4. The Morgan fingerprint density at radius 3 is 2.41 bits per heavy atom. The molecule has 1 saturated carbocycles. The third kappa shape index (κ3) is 6.30. The summed E-state index contributed by atoms with van der Waals surface area (Å²) in [5, 5.41) is 2.84. The SMILES string of the molecule is O=C1CCC(N2C(=O)c3ccc(OCC#Cc4ccc(OC5CC(Oc6ccc(-c7cc8[nH]c9ccncc9c8c(F)c7F)cn6)C5)cn4)cc3C2=O)C(=O)N1. The number of H-pyrrole nitrogens is 1. The Morgan fingerprint density at radius 1 is 0.804 bits per heavy atom. The minimum Gasteiger partial charge on any atom is -0.489 e. The second-order valence-corrected chi connectivity index (χ2v) is 13.5. The largest absolute Gasteiger partial charge is 0.489 e. The predicted molar refractivity (Wildman–Crippen MR) is 195 cm³/mol. The fourth-order valence-electron chi connectivity index (χ4n) is 7.04. The minimum absolute atomic E-state index is 0.0208. The maximum atomic E-state index is 15.2. The summed E-state index contributed by atoms with van der Waals surface area (Å²) in [5.41, 5.74) is 2.38. The molecular formula is C41H28F2N6O7. The van der Waals surface area contributed by atoms with E-state index in [0.29, 0.717) is 57.9 Å². The molecule has 1 saturated heterocycles. The number of aromatic amines is 1. The fourth-order valence-corrected chi connectivity index (χ4v) is 7.04. The lowest BCUT2D eigenvalue weighted by Gasteiger charge is -2.34. The molecule has 0 spiro atoms. The summed E-state index contributed by atoms with van der Waals surface area (Å²) in [4.78, 5) is 66.4. The zero-order valence-electron chi connectivity index (χ0n) is 29.2. The van der Waals surface area contributed by atoms with E-state index in [-0.39, 0.29) is 53.7 Å². The van der Waals surface area contributed by atoms with Crippen LogP contribution in [0.2, 0.25) is 0 Å². The van der Waals surface area contributed by atoms with Gasteiger partial charge >= 0.3 is 0 Å². The molecule has 2 aromatic carbocycles. The van der Waals surface area contributed by atoms with Gasteiger partial charge in [-0.15, -0.1) is 0 Å². The Balaban J connectivity index is 0.745. The van der Waals surface area contributed by atoms with Gasteiger partial charge in [0.05, 0.1) is 22.8 Å². The van der Waals surface area contributed by atoms with Crippen LogP contribution in [0.1, 0.15) is 52.1 Å². The fraction of sp³-hybridized carbons (Fsp3) is 0.195. The van der Waals surface area contributed by atoms with Crippen LogP contribution < -0.4 is 19.5 Å². The molecule has 1 atom stereocenters. The number of aromatic nitrogens is 4. The van der Waals surface area contributed by atoms with Crippen LogP contribution in [0.15, 0.2) is 79.4 Å². The lowest BCUT2D eigenvalue weighted by atomic mass is 9.92. The van der Waals surface area contributed by atoms with Crippen LogP contribution in [-0.2, 0) is 9.59 Å². The number of imide groups is 2. The lowest BCUT2D eigenvalue weighted by Crippen LogP contribution is -2.54. The number of piperidine rings is 1. The first-order chi connectivity index (χ1) is 27.2. The molecule has 0 bridgehead atoms. The molecule has 6 heterocycles. The van der Waals surface area contributed by atoms with E-state index in [1.165, 1.54) is 24.5 Å². The van der Waals surface area contributed by atoms with Crippen molar-refractivity contribution in [2.75, 3.05) is 6.61 Å². The third-order valence-electron chi connectivity index (χ3n) is 9.93. The number of halogens is 2. The first-order valence-corrected chi connectivity index (χ1v) is 17.7. The zero-order valence-corrected chi connectivity index (χ0v) is 29.2. The number of hydrogen-bond acceptors (Lipinski definition) is 10. The topological polar surface area (TPSA) is 166 Å². The van der Waals surface area contributed by atoms with Crippen molar-refractivity contribution in [1.29, 1.82) is 0 Å². The monoisotopic (exact) mass is 754 g/mol. The Kier molecular flexibility index (Phi) is 8.57. The van der Waals surface area contributed by atoms with Crippen molar-refractivity contribution in [3.63, 3.8) is 0 Å². The Hall–Kier alpha value is -7.21. The highest BCUT2D eigenvalue weighted by Gasteiger charge is 2.44. The summed E-state index contributed by atoms with van der Waals surface area (Å²) in [6, 6.07) is 13.4. The van der Waals surface area contributed by atoms with E-state index in [4.69, 9.17) is 14.2 Å².